The fraction of sp³-hybridized carbons (Fsp3) is 0.815. The van der Waals surface area contributed by atoms with Gasteiger partial charge in [0.1, 0.15) is 17.7 Å². The van der Waals surface area contributed by atoms with Crippen LogP contribution in [0, 0.1) is 0 Å². The summed E-state index contributed by atoms with van der Waals surface area (Å²) in [6.07, 6.45) is 1.08. The van der Waals surface area contributed by atoms with Gasteiger partial charge in [0.25, 0.3) is 11.8 Å². The first-order chi connectivity index (χ1) is 24.7. The summed E-state index contributed by atoms with van der Waals surface area (Å²) in [4.78, 5) is 65.9. The summed E-state index contributed by atoms with van der Waals surface area (Å²) in [5, 5.41) is 7.86. The highest BCUT2D eigenvalue weighted by molar-refractivity contribution is 7.81. The second kappa shape index (κ2) is 16.0. The molecule has 6 fully saturated rings. The summed E-state index contributed by atoms with van der Waals surface area (Å²) >= 11 is 0. The predicted octanol–water partition coefficient (Wildman–Crippen LogP) is -2.50. The van der Waals surface area contributed by atoms with Crippen molar-refractivity contribution in [2.24, 2.45) is 0 Å². The molecule has 0 aromatic rings. The Morgan fingerprint density at radius 1 is 0.698 bits per heavy atom. The van der Waals surface area contributed by atoms with Gasteiger partial charge in [-0.25, -0.2) is 24.4 Å². The van der Waals surface area contributed by atoms with Gasteiger partial charge >= 0.3 is 39.0 Å². The van der Waals surface area contributed by atoms with Crippen LogP contribution in [-0.4, -0.2) is 186 Å². The zero-order valence-electron chi connectivity index (χ0n) is 29.4. The van der Waals surface area contributed by atoms with Crippen LogP contribution < -0.4 is 16.2 Å². The number of piperazine rings is 2. The molecule has 4 atom stereocenters. The molecule has 6 rings (SSSR count). The zero-order chi connectivity index (χ0) is 38.9. The number of nitrogens with zero attached hydrogens (tertiary/aromatic N) is 7. The van der Waals surface area contributed by atoms with E-state index in [1.54, 1.807) is 35.7 Å². The molecule has 0 aliphatic carbocycles. The Labute approximate surface area is 306 Å². The van der Waals surface area contributed by atoms with Crippen molar-refractivity contribution >= 4 is 50.8 Å². The van der Waals surface area contributed by atoms with Crippen molar-refractivity contribution in [3.05, 3.63) is 0 Å². The smallest absolute Gasteiger partial charge is 0.418 e. The van der Waals surface area contributed by atoms with Gasteiger partial charge in [-0.3, -0.25) is 29.5 Å². The van der Waals surface area contributed by atoms with E-state index in [0.717, 1.165) is 13.1 Å². The normalized spacial score (nSPS) is 27.0. The Morgan fingerprint density at radius 3 is 1.51 bits per heavy atom. The summed E-state index contributed by atoms with van der Waals surface area (Å²) in [7, 11) is -9.61. The van der Waals surface area contributed by atoms with Crippen molar-refractivity contribution in [2.75, 3.05) is 65.4 Å². The minimum absolute atomic E-state index is 0.124. The van der Waals surface area contributed by atoms with Crippen LogP contribution in [-0.2, 0) is 43.7 Å². The lowest BCUT2D eigenvalue weighted by molar-refractivity contribution is -0.132. The first kappa shape index (κ1) is 40.6. The van der Waals surface area contributed by atoms with E-state index in [1.165, 1.54) is 9.80 Å². The molecule has 300 valence electrons. The van der Waals surface area contributed by atoms with Crippen LogP contribution >= 0.6 is 0 Å². The Balaban J connectivity index is 0.000000211. The second-order valence-corrected chi connectivity index (χ2v) is 16.2. The van der Waals surface area contributed by atoms with Crippen molar-refractivity contribution in [3.8, 4) is 0 Å². The zero-order valence-corrected chi connectivity index (χ0v) is 31.1. The minimum Gasteiger partial charge on any atom is -0.444 e. The Bertz CT molecular complexity index is 1630. The van der Waals surface area contributed by atoms with E-state index in [1.807, 2.05) is 0 Å². The molecule has 0 spiro atoms. The molecule has 26 heteroatoms. The highest BCUT2D eigenvalue weighted by atomic mass is 32.3. The van der Waals surface area contributed by atoms with Gasteiger partial charge in [-0.15, -0.1) is 8.57 Å². The third-order valence-electron chi connectivity index (χ3n) is 9.19. The third-order valence-corrected chi connectivity index (χ3v) is 9.88. The number of ether oxygens (including phenoxy) is 1. The van der Waals surface area contributed by atoms with Gasteiger partial charge in [-0.1, -0.05) is 0 Å². The van der Waals surface area contributed by atoms with E-state index in [2.05, 4.69) is 24.7 Å². The molecule has 6 aliphatic rings. The predicted molar refractivity (Wildman–Crippen MR) is 177 cm³/mol. The number of amides is 7. The van der Waals surface area contributed by atoms with E-state index >= 15 is 0 Å². The monoisotopic (exact) mass is 798 g/mol. The molecule has 0 unspecified atom stereocenters. The fourth-order valence-corrected chi connectivity index (χ4v) is 7.55. The van der Waals surface area contributed by atoms with Crippen molar-refractivity contribution < 1.29 is 63.2 Å². The molecule has 4 bridgehead atoms. The van der Waals surface area contributed by atoms with Crippen LogP contribution in [0.1, 0.15) is 46.5 Å². The second-order valence-electron chi connectivity index (χ2n) is 14.2. The molecule has 7 amide bonds. The molecule has 0 saturated carbocycles. The summed E-state index contributed by atoms with van der Waals surface area (Å²) < 4.78 is 75.2. The van der Waals surface area contributed by atoms with Crippen LogP contribution in [0.2, 0.25) is 0 Å². The van der Waals surface area contributed by atoms with E-state index < -0.39 is 74.6 Å². The molecule has 24 nitrogen and oxygen atoms in total. The number of hydrogen-bond acceptors (Lipinski definition) is 15. The highest BCUT2D eigenvalue weighted by Crippen LogP contribution is 2.32. The number of nitrogens with one attached hydrogen (secondary N) is 3. The quantitative estimate of drug-likeness (QED) is 0.159. The number of carbonyl (C=O) groups excluding carboxylic acids is 5. The number of piperidine rings is 2. The SMILES string of the molecule is CC(C)(C)OC(=O)N1CCN(NC(=O)[C@@H]2CC[C@@H]3CN2C(=O)N3OS(=O)(=O)O)CC1.O=C(NN1CCNCC1)[C@@H]1CC[C@@H]2CN1C(=O)N2OS(=O)(=O)O. The molecule has 6 aliphatic heterocycles. The van der Waals surface area contributed by atoms with Crippen LogP contribution in [0.25, 0.3) is 0 Å². The lowest BCUT2D eigenvalue weighted by Gasteiger charge is -2.37. The van der Waals surface area contributed by atoms with Gasteiger partial charge in [0.05, 0.1) is 12.1 Å². The fourth-order valence-electron chi connectivity index (χ4n) is 6.77. The Kier molecular flexibility index (Phi) is 12.2. The van der Waals surface area contributed by atoms with Gasteiger partial charge in [0.2, 0.25) is 0 Å². The van der Waals surface area contributed by atoms with Crippen molar-refractivity contribution in [2.45, 2.75) is 76.2 Å². The van der Waals surface area contributed by atoms with Crippen molar-refractivity contribution in [3.63, 3.8) is 0 Å². The number of fused-ring (bicyclic) bond motifs is 4. The average Bonchev–Trinajstić information content (AvgIpc) is 3.43. The van der Waals surface area contributed by atoms with Gasteiger partial charge in [-0.05, 0) is 46.5 Å². The minimum atomic E-state index is -4.84. The van der Waals surface area contributed by atoms with E-state index in [0.29, 0.717) is 75.1 Å². The number of hydroxylamine groups is 4. The standard InChI is InChI=1S/C16H27N5O8S.C11H19N5O6S/c1-16(2,3)28-15(24)18-6-8-19(9-7-18)17-13(22)12-5-4-11-10-20(12)14(23)21(11)29-30(25,26)27;17-10(13-14-5-3-12-4-6-14)9-2-1-8-7-15(9)11(18)16(8)22-23(19,20)21/h11-12H,4-10H2,1-3H3,(H,17,22)(H,25,26,27);8-9,12H,1-7H2,(H,13,17)(H,19,20,21)/t11-,12+;8-,9+/m11/s1. The van der Waals surface area contributed by atoms with Crippen LogP contribution in [0.3, 0.4) is 0 Å². The molecule has 0 aromatic carbocycles. The number of carbonyl (C=O) groups is 5. The Hall–Kier alpha value is -3.63. The van der Waals surface area contributed by atoms with E-state index in [4.69, 9.17) is 13.8 Å². The summed E-state index contributed by atoms with van der Waals surface area (Å²) in [6, 6.07) is -4.03. The molecule has 53 heavy (non-hydrogen) atoms. The molecule has 0 radical (unpaired) electrons. The van der Waals surface area contributed by atoms with Crippen LogP contribution in [0.4, 0.5) is 14.4 Å². The third kappa shape index (κ3) is 10.5. The molecular weight excluding hydrogens is 752 g/mol. The van der Waals surface area contributed by atoms with E-state index in [9.17, 15) is 40.8 Å². The van der Waals surface area contributed by atoms with Gasteiger partial charge in [0.15, 0.2) is 0 Å². The van der Waals surface area contributed by atoms with Crippen molar-refractivity contribution in [1.29, 1.82) is 0 Å². The molecule has 0 aromatic heterocycles. The molecule has 6 heterocycles. The van der Waals surface area contributed by atoms with E-state index in [-0.39, 0.29) is 19.0 Å². The summed E-state index contributed by atoms with van der Waals surface area (Å²) in [5.74, 6) is -0.700. The van der Waals surface area contributed by atoms with Gasteiger partial charge in [-0.2, -0.15) is 27.0 Å². The lowest BCUT2D eigenvalue weighted by Crippen LogP contribution is -2.59. The number of hydrazine groups is 2. The van der Waals surface area contributed by atoms with Gasteiger partial charge < -0.3 is 24.8 Å². The topological polar surface area (TPSA) is 281 Å². The number of rotatable bonds is 8. The van der Waals surface area contributed by atoms with Crippen molar-refractivity contribution in [1.82, 2.24) is 51.0 Å². The average molecular weight is 799 g/mol. The van der Waals surface area contributed by atoms with Crippen LogP contribution in [0.15, 0.2) is 0 Å². The number of urea groups is 2. The maximum absolute atomic E-state index is 12.7. The maximum atomic E-state index is 12.7. The number of hydrogen-bond donors (Lipinski definition) is 5. The lowest BCUT2D eigenvalue weighted by atomic mass is 10.0. The highest BCUT2D eigenvalue weighted by Gasteiger charge is 2.51. The summed E-state index contributed by atoms with van der Waals surface area (Å²) in [5.41, 5.74) is 4.96. The first-order valence-electron chi connectivity index (χ1n) is 17.0. The first-order valence-corrected chi connectivity index (χ1v) is 19.8. The maximum Gasteiger partial charge on any atom is 0.418 e. The largest absolute Gasteiger partial charge is 0.444 e. The molecular formula is C27H46N10O14S2. The molecule has 6 saturated heterocycles. The van der Waals surface area contributed by atoms with Gasteiger partial charge in [0, 0.05) is 65.4 Å². The van der Waals surface area contributed by atoms with Crippen LogP contribution in [0.5, 0.6) is 0 Å². The Morgan fingerprint density at radius 2 is 1.11 bits per heavy atom. The summed E-state index contributed by atoms with van der Waals surface area (Å²) in [6.45, 7) is 10.1. The molecule has 5 N–H and O–H groups in total.